The number of aromatic nitrogens is 2. The van der Waals surface area contributed by atoms with E-state index in [0.717, 1.165) is 6.20 Å². The summed E-state index contributed by atoms with van der Waals surface area (Å²) in [5.74, 6) is -0.947. The first-order valence-electron chi connectivity index (χ1n) is 14.1. The van der Waals surface area contributed by atoms with Gasteiger partial charge in [-0.25, -0.2) is 9.37 Å². The molecular formula is C30H34F4N6O3. The van der Waals surface area contributed by atoms with Gasteiger partial charge in [-0.3, -0.25) is 14.5 Å². The summed E-state index contributed by atoms with van der Waals surface area (Å²) in [6.07, 6.45) is -2.62. The predicted octanol–water partition coefficient (Wildman–Crippen LogP) is 4.60. The molecule has 0 bridgehead atoms. The summed E-state index contributed by atoms with van der Waals surface area (Å²) in [6, 6.07) is 6.73. The number of H-pyrrole nitrogens is 1. The van der Waals surface area contributed by atoms with Crippen LogP contribution in [-0.4, -0.2) is 78.8 Å². The minimum absolute atomic E-state index is 0.0479. The Kier molecular flexibility index (Phi) is 8.48. The highest BCUT2D eigenvalue weighted by Crippen LogP contribution is 2.37. The Balaban J connectivity index is 1.54. The van der Waals surface area contributed by atoms with Crippen molar-refractivity contribution < 1.29 is 27.1 Å². The second-order valence-electron chi connectivity index (χ2n) is 11.2. The number of anilines is 3. The van der Waals surface area contributed by atoms with E-state index in [9.17, 15) is 22.8 Å². The SMILES string of the molecule is C[C@@H]1CN(c2ccc(-c3cc(NC(=O)c4c[nH]c(=O)cc4C(F)(F)F)c(N4C[C@@H](C)N(C)[C@@H](C)C4)cc3F)cn2)CCO1. The maximum atomic E-state index is 15.8. The van der Waals surface area contributed by atoms with E-state index in [0.29, 0.717) is 55.9 Å². The molecule has 2 aliphatic heterocycles. The van der Waals surface area contributed by atoms with E-state index in [1.54, 1.807) is 12.1 Å². The van der Waals surface area contributed by atoms with Gasteiger partial charge in [0.25, 0.3) is 5.91 Å². The molecule has 1 aromatic carbocycles. The molecule has 2 aliphatic rings. The quantitative estimate of drug-likeness (QED) is 0.413. The number of carbonyl (C=O) groups is 1. The number of benzene rings is 1. The van der Waals surface area contributed by atoms with Crippen molar-refractivity contribution in [2.75, 3.05) is 55.0 Å². The first kappa shape index (κ1) is 30.5. The van der Waals surface area contributed by atoms with Crippen LogP contribution in [0, 0.1) is 5.82 Å². The lowest BCUT2D eigenvalue weighted by Gasteiger charge is -2.44. The maximum Gasteiger partial charge on any atom is 0.417 e. The van der Waals surface area contributed by atoms with Gasteiger partial charge in [0, 0.05) is 67.8 Å². The van der Waals surface area contributed by atoms with E-state index in [-0.39, 0.29) is 29.4 Å². The lowest BCUT2D eigenvalue weighted by atomic mass is 10.0. The number of piperazine rings is 1. The molecule has 13 heteroatoms. The summed E-state index contributed by atoms with van der Waals surface area (Å²) < 4.78 is 62.6. The number of hydrogen-bond donors (Lipinski definition) is 2. The van der Waals surface area contributed by atoms with Crippen molar-refractivity contribution >= 4 is 23.1 Å². The lowest BCUT2D eigenvalue weighted by molar-refractivity contribution is -0.138. The Bertz CT molecular complexity index is 1530. The van der Waals surface area contributed by atoms with E-state index < -0.39 is 34.6 Å². The number of ether oxygens (including phenoxy) is 1. The second-order valence-corrected chi connectivity index (χ2v) is 11.2. The molecule has 0 unspecified atom stereocenters. The summed E-state index contributed by atoms with van der Waals surface area (Å²) in [6.45, 7) is 8.92. The van der Waals surface area contributed by atoms with Crippen LogP contribution in [0.25, 0.3) is 11.1 Å². The number of halogens is 4. The number of nitrogens with one attached hydrogen (secondary N) is 2. The fourth-order valence-corrected chi connectivity index (χ4v) is 5.59. The Morgan fingerprint density at radius 1 is 1.07 bits per heavy atom. The van der Waals surface area contributed by atoms with Crippen LogP contribution >= 0.6 is 0 Å². The monoisotopic (exact) mass is 602 g/mol. The third-order valence-corrected chi connectivity index (χ3v) is 8.13. The molecule has 2 saturated heterocycles. The molecule has 2 aromatic heterocycles. The third-order valence-electron chi connectivity index (χ3n) is 8.13. The summed E-state index contributed by atoms with van der Waals surface area (Å²) in [5.41, 5.74) is -2.07. The number of morpholine rings is 1. The molecule has 1 amide bonds. The summed E-state index contributed by atoms with van der Waals surface area (Å²) >= 11 is 0. The Hall–Kier alpha value is -3.97. The lowest BCUT2D eigenvalue weighted by Crippen LogP contribution is -2.55. The topological polar surface area (TPSA) is 93.8 Å². The van der Waals surface area contributed by atoms with Gasteiger partial charge in [-0.05, 0) is 52.1 Å². The molecule has 5 rings (SSSR count). The molecule has 0 saturated carbocycles. The Morgan fingerprint density at radius 3 is 2.42 bits per heavy atom. The van der Waals surface area contributed by atoms with Crippen LogP contribution in [0.5, 0.6) is 0 Å². The minimum Gasteiger partial charge on any atom is -0.375 e. The van der Waals surface area contributed by atoms with Crippen LogP contribution in [0.3, 0.4) is 0 Å². The van der Waals surface area contributed by atoms with Crippen LogP contribution in [0.15, 0.2) is 47.5 Å². The van der Waals surface area contributed by atoms with Gasteiger partial charge in [0.05, 0.1) is 35.2 Å². The van der Waals surface area contributed by atoms with Gasteiger partial charge in [0.15, 0.2) is 0 Å². The predicted molar refractivity (Wildman–Crippen MR) is 156 cm³/mol. The number of amides is 1. The average Bonchev–Trinajstić information content (AvgIpc) is 2.96. The first-order valence-corrected chi connectivity index (χ1v) is 14.1. The molecule has 230 valence electrons. The second kappa shape index (κ2) is 12.0. The zero-order chi connectivity index (χ0) is 31.1. The van der Waals surface area contributed by atoms with Crippen molar-refractivity contribution in [1.29, 1.82) is 0 Å². The van der Waals surface area contributed by atoms with E-state index in [1.165, 1.54) is 18.3 Å². The molecule has 43 heavy (non-hydrogen) atoms. The standard InChI is InChI=1S/C30H34F4N6O3/c1-17-14-40(15-18(2)38(17)4)26-11-24(31)21(20-5-6-27(35-12-20)39-7-8-43-19(3)16-39)9-25(26)37-29(42)22-13-36-28(41)10-23(22)30(32,33)34/h5-6,9-13,17-19H,7-8,14-16H2,1-4H3,(H,36,41)(H,37,42)/t17-,18+,19-/m1/s1. The number of carbonyl (C=O) groups excluding carboxylic acids is 1. The highest BCUT2D eigenvalue weighted by Gasteiger charge is 2.36. The number of aromatic amines is 1. The number of nitrogens with zero attached hydrogens (tertiary/aromatic N) is 4. The third kappa shape index (κ3) is 6.52. The molecular weight excluding hydrogens is 568 g/mol. The summed E-state index contributed by atoms with van der Waals surface area (Å²) in [5, 5.41) is 2.58. The van der Waals surface area contributed by atoms with Crippen molar-refractivity contribution in [1.82, 2.24) is 14.9 Å². The number of likely N-dealkylation sites (N-methyl/N-ethyl adjacent to an activating group) is 1. The van der Waals surface area contributed by atoms with Crippen molar-refractivity contribution in [3.05, 3.63) is 70.0 Å². The van der Waals surface area contributed by atoms with E-state index in [1.807, 2.05) is 32.7 Å². The molecule has 4 heterocycles. The van der Waals surface area contributed by atoms with E-state index >= 15 is 4.39 Å². The van der Waals surface area contributed by atoms with Gasteiger partial charge in [-0.1, -0.05) is 0 Å². The number of hydrogen-bond acceptors (Lipinski definition) is 7. The Labute approximate surface area is 246 Å². The number of pyridine rings is 2. The van der Waals surface area contributed by atoms with Crippen LogP contribution in [-0.2, 0) is 10.9 Å². The van der Waals surface area contributed by atoms with Gasteiger partial charge in [-0.2, -0.15) is 13.2 Å². The average molecular weight is 603 g/mol. The van der Waals surface area contributed by atoms with Crippen molar-refractivity contribution in [3.8, 4) is 11.1 Å². The van der Waals surface area contributed by atoms with Gasteiger partial charge < -0.3 is 24.8 Å². The van der Waals surface area contributed by atoms with Gasteiger partial charge in [-0.15, -0.1) is 0 Å². The zero-order valence-electron chi connectivity index (χ0n) is 24.3. The number of rotatable bonds is 5. The Morgan fingerprint density at radius 2 is 1.79 bits per heavy atom. The molecule has 9 nitrogen and oxygen atoms in total. The molecule has 3 atom stereocenters. The maximum absolute atomic E-state index is 15.8. The first-order chi connectivity index (χ1) is 20.3. The van der Waals surface area contributed by atoms with Crippen LogP contribution in [0.1, 0.15) is 36.7 Å². The van der Waals surface area contributed by atoms with Crippen LogP contribution in [0.2, 0.25) is 0 Å². The fourth-order valence-electron chi connectivity index (χ4n) is 5.59. The van der Waals surface area contributed by atoms with E-state index in [4.69, 9.17) is 4.74 Å². The largest absolute Gasteiger partial charge is 0.417 e. The zero-order valence-corrected chi connectivity index (χ0v) is 24.3. The summed E-state index contributed by atoms with van der Waals surface area (Å²) in [7, 11) is 1.99. The van der Waals surface area contributed by atoms with E-state index in [2.05, 4.69) is 25.1 Å². The smallest absolute Gasteiger partial charge is 0.375 e. The molecule has 3 aromatic rings. The van der Waals surface area contributed by atoms with Gasteiger partial charge in [0.1, 0.15) is 11.6 Å². The minimum atomic E-state index is -4.94. The molecule has 0 radical (unpaired) electrons. The highest BCUT2D eigenvalue weighted by atomic mass is 19.4. The normalized spacial score (nSPS) is 21.6. The molecule has 2 N–H and O–H groups in total. The van der Waals surface area contributed by atoms with Crippen molar-refractivity contribution in [2.45, 2.75) is 45.1 Å². The fraction of sp³-hybridized carbons (Fsp3) is 0.433. The van der Waals surface area contributed by atoms with Gasteiger partial charge in [0.2, 0.25) is 5.56 Å². The molecule has 2 fully saturated rings. The van der Waals surface area contributed by atoms with Gasteiger partial charge >= 0.3 is 6.18 Å². The number of alkyl halides is 3. The summed E-state index contributed by atoms with van der Waals surface area (Å²) in [4.78, 5) is 37.8. The van der Waals surface area contributed by atoms with Crippen LogP contribution < -0.4 is 20.7 Å². The molecule has 0 spiro atoms. The molecule has 0 aliphatic carbocycles. The highest BCUT2D eigenvalue weighted by molar-refractivity contribution is 6.07. The van der Waals surface area contributed by atoms with Crippen molar-refractivity contribution in [3.63, 3.8) is 0 Å². The van der Waals surface area contributed by atoms with Crippen LogP contribution in [0.4, 0.5) is 34.8 Å². The van der Waals surface area contributed by atoms with Crippen molar-refractivity contribution in [2.24, 2.45) is 0 Å².